The SMILES string of the molecule is CCOC(=O)/C=C(\C)c1nn(C2CCCCO2)c2ccccc12. The molecule has 0 amide bonds. The van der Waals surface area contributed by atoms with Crippen LogP contribution in [0, 0.1) is 0 Å². The van der Waals surface area contributed by atoms with E-state index in [4.69, 9.17) is 14.6 Å². The van der Waals surface area contributed by atoms with Gasteiger partial charge in [0.1, 0.15) is 0 Å². The average Bonchev–Trinajstić information content (AvgIpc) is 2.95. The lowest BCUT2D eigenvalue weighted by atomic mass is 10.1. The number of hydrogen-bond donors (Lipinski definition) is 0. The Morgan fingerprint density at radius 3 is 3.00 bits per heavy atom. The smallest absolute Gasteiger partial charge is 0.331 e. The average molecular weight is 314 g/mol. The molecule has 0 N–H and O–H groups in total. The quantitative estimate of drug-likeness (QED) is 0.638. The molecule has 0 bridgehead atoms. The Morgan fingerprint density at radius 1 is 1.43 bits per heavy atom. The van der Waals surface area contributed by atoms with Gasteiger partial charge in [-0.2, -0.15) is 5.10 Å². The van der Waals surface area contributed by atoms with Gasteiger partial charge < -0.3 is 9.47 Å². The molecule has 3 rings (SSSR count). The third-order valence-electron chi connectivity index (χ3n) is 4.04. The molecule has 122 valence electrons. The number of ether oxygens (including phenoxy) is 2. The highest BCUT2D eigenvalue weighted by atomic mass is 16.5. The summed E-state index contributed by atoms with van der Waals surface area (Å²) >= 11 is 0. The molecule has 1 aromatic carbocycles. The summed E-state index contributed by atoms with van der Waals surface area (Å²) in [5.74, 6) is -0.336. The van der Waals surface area contributed by atoms with E-state index in [-0.39, 0.29) is 12.2 Å². The first kappa shape index (κ1) is 15.7. The first-order valence-electron chi connectivity index (χ1n) is 8.15. The highest BCUT2D eigenvalue weighted by molar-refractivity contribution is 5.96. The fourth-order valence-electron chi connectivity index (χ4n) is 2.95. The van der Waals surface area contributed by atoms with Crippen LogP contribution in [-0.4, -0.2) is 29.0 Å². The maximum Gasteiger partial charge on any atom is 0.331 e. The van der Waals surface area contributed by atoms with Crippen LogP contribution in [0.3, 0.4) is 0 Å². The number of carbonyl (C=O) groups is 1. The van der Waals surface area contributed by atoms with Crippen molar-refractivity contribution in [2.45, 2.75) is 39.3 Å². The van der Waals surface area contributed by atoms with Crippen LogP contribution < -0.4 is 0 Å². The van der Waals surface area contributed by atoms with Crippen LogP contribution in [0.15, 0.2) is 30.3 Å². The second kappa shape index (κ2) is 6.96. The first-order chi connectivity index (χ1) is 11.2. The van der Waals surface area contributed by atoms with Gasteiger partial charge in [0, 0.05) is 18.1 Å². The van der Waals surface area contributed by atoms with Crippen LogP contribution in [0.25, 0.3) is 16.5 Å². The van der Waals surface area contributed by atoms with E-state index >= 15 is 0 Å². The summed E-state index contributed by atoms with van der Waals surface area (Å²) in [5, 5.41) is 5.77. The Kier molecular flexibility index (Phi) is 4.76. The van der Waals surface area contributed by atoms with Crippen LogP contribution in [0.4, 0.5) is 0 Å². The number of rotatable bonds is 4. The van der Waals surface area contributed by atoms with E-state index in [1.165, 1.54) is 6.08 Å². The Bertz CT molecular complexity index is 727. The number of para-hydroxylation sites is 1. The van der Waals surface area contributed by atoms with Gasteiger partial charge in [-0.3, -0.25) is 0 Å². The van der Waals surface area contributed by atoms with E-state index in [1.807, 2.05) is 35.9 Å². The molecular formula is C18H22N2O3. The van der Waals surface area contributed by atoms with Crippen molar-refractivity contribution in [2.75, 3.05) is 13.2 Å². The van der Waals surface area contributed by atoms with Gasteiger partial charge in [0.15, 0.2) is 6.23 Å². The second-order valence-corrected chi connectivity index (χ2v) is 5.71. The molecule has 5 heteroatoms. The van der Waals surface area contributed by atoms with Crippen LogP contribution in [0.1, 0.15) is 45.0 Å². The zero-order valence-electron chi connectivity index (χ0n) is 13.6. The van der Waals surface area contributed by atoms with Crippen LogP contribution in [-0.2, 0) is 14.3 Å². The Labute approximate surface area is 135 Å². The van der Waals surface area contributed by atoms with Gasteiger partial charge in [-0.15, -0.1) is 0 Å². The van der Waals surface area contributed by atoms with Crippen molar-refractivity contribution in [2.24, 2.45) is 0 Å². The summed E-state index contributed by atoms with van der Waals surface area (Å²) < 4.78 is 12.8. The Morgan fingerprint density at radius 2 is 2.26 bits per heavy atom. The number of benzene rings is 1. The molecule has 0 radical (unpaired) electrons. The lowest BCUT2D eigenvalue weighted by Crippen LogP contribution is -2.19. The highest BCUT2D eigenvalue weighted by Crippen LogP contribution is 2.30. The molecular weight excluding hydrogens is 292 g/mol. The number of hydrogen-bond acceptors (Lipinski definition) is 4. The molecule has 1 aromatic heterocycles. The lowest BCUT2D eigenvalue weighted by Gasteiger charge is -2.23. The van der Waals surface area contributed by atoms with Crippen molar-refractivity contribution in [1.29, 1.82) is 0 Å². The maximum absolute atomic E-state index is 11.7. The van der Waals surface area contributed by atoms with Crippen molar-refractivity contribution in [3.63, 3.8) is 0 Å². The largest absolute Gasteiger partial charge is 0.463 e. The van der Waals surface area contributed by atoms with Crippen LogP contribution in [0.2, 0.25) is 0 Å². The summed E-state index contributed by atoms with van der Waals surface area (Å²) in [6, 6.07) is 8.05. The van der Waals surface area contributed by atoms with Gasteiger partial charge in [0.2, 0.25) is 0 Å². The molecule has 1 aliphatic rings. The summed E-state index contributed by atoms with van der Waals surface area (Å²) in [7, 11) is 0. The summed E-state index contributed by atoms with van der Waals surface area (Å²) in [6.07, 6.45) is 4.68. The van der Waals surface area contributed by atoms with Crippen molar-refractivity contribution < 1.29 is 14.3 Å². The summed E-state index contributed by atoms with van der Waals surface area (Å²) in [6.45, 7) is 4.82. The van der Waals surface area contributed by atoms with Crippen molar-refractivity contribution in [3.05, 3.63) is 36.0 Å². The molecule has 1 fully saturated rings. The van der Waals surface area contributed by atoms with E-state index in [0.717, 1.165) is 48.0 Å². The first-order valence-corrected chi connectivity index (χ1v) is 8.15. The zero-order chi connectivity index (χ0) is 16.2. The number of aromatic nitrogens is 2. The van der Waals surface area contributed by atoms with Crippen LogP contribution >= 0.6 is 0 Å². The lowest BCUT2D eigenvalue weighted by molar-refractivity contribution is -0.137. The number of carbonyl (C=O) groups excluding carboxylic acids is 1. The molecule has 23 heavy (non-hydrogen) atoms. The third kappa shape index (κ3) is 3.29. The summed E-state index contributed by atoms with van der Waals surface area (Å²) in [5.41, 5.74) is 2.64. The second-order valence-electron chi connectivity index (χ2n) is 5.71. The molecule has 0 spiro atoms. The Balaban J connectivity index is 2.02. The number of nitrogens with zero attached hydrogens (tertiary/aromatic N) is 2. The Hall–Kier alpha value is -2.14. The summed E-state index contributed by atoms with van der Waals surface area (Å²) in [4.78, 5) is 11.7. The molecule has 1 atom stereocenters. The molecule has 1 unspecified atom stereocenters. The predicted octanol–water partition coefficient (Wildman–Crippen LogP) is 3.70. The van der Waals surface area contributed by atoms with E-state index in [1.54, 1.807) is 6.92 Å². The van der Waals surface area contributed by atoms with E-state index in [0.29, 0.717) is 6.61 Å². The minimum absolute atomic E-state index is 0.0298. The molecule has 2 heterocycles. The van der Waals surface area contributed by atoms with Gasteiger partial charge in [-0.05, 0) is 44.7 Å². The monoisotopic (exact) mass is 314 g/mol. The van der Waals surface area contributed by atoms with Gasteiger partial charge in [-0.1, -0.05) is 18.2 Å². The molecule has 0 saturated carbocycles. The molecule has 2 aromatic rings. The third-order valence-corrected chi connectivity index (χ3v) is 4.04. The van der Waals surface area contributed by atoms with Crippen molar-refractivity contribution in [1.82, 2.24) is 9.78 Å². The van der Waals surface area contributed by atoms with E-state index in [9.17, 15) is 4.79 Å². The molecule has 5 nitrogen and oxygen atoms in total. The fraction of sp³-hybridized carbons (Fsp3) is 0.444. The van der Waals surface area contributed by atoms with Gasteiger partial charge >= 0.3 is 5.97 Å². The van der Waals surface area contributed by atoms with Crippen molar-refractivity contribution >= 4 is 22.4 Å². The van der Waals surface area contributed by atoms with Gasteiger partial charge in [0.05, 0.1) is 17.8 Å². The topological polar surface area (TPSA) is 53.3 Å². The predicted molar refractivity (Wildman–Crippen MR) is 88.9 cm³/mol. The van der Waals surface area contributed by atoms with E-state index in [2.05, 4.69) is 0 Å². The maximum atomic E-state index is 11.7. The fourth-order valence-corrected chi connectivity index (χ4v) is 2.95. The van der Waals surface area contributed by atoms with E-state index < -0.39 is 0 Å². The molecule has 0 aliphatic carbocycles. The van der Waals surface area contributed by atoms with Gasteiger partial charge in [0.25, 0.3) is 0 Å². The molecule has 1 saturated heterocycles. The number of fused-ring (bicyclic) bond motifs is 1. The highest BCUT2D eigenvalue weighted by Gasteiger charge is 2.21. The number of allylic oxidation sites excluding steroid dienone is 1. The minimum Gasteiger partial charge on any atom is -0.463 e. The normalized spacial score (nSPS) is 19.0. The number of esters is 1. The minimum atomic E-state index is -0.336. The zero-order valence-corrected chi connectivity index (χ0v) is 13.6. The van der Waals surface area contributed by atoms with Crippen molar-refractivity contribution in [3.8, 4) is 0 Å². The molecule has 1 aliphatic heterocycles. The van der Waals surface area contributed by atoms with Gasteiger partial charge in [-0.25, -0.2) is 9.48 Å². The standard InChI is InChI=1S/C18H22N2O3/c1-3-22-17(21)12-13(2)18-14-8-4-5-9-15(14)20(19-18)16-10-6-7-11-23-16/h4-5,8-9,12,16H,3,6-7,10-11H2,1-2H3/b13-12+. The van der Waals surface area contributed by atoms with Crippen LogP contribution in [0.5, 0.6) is 0 Å².